The number of anilines is 1. The Balaban J connectivity index is 1.38. The minimum Gasteiger partial charge on any atom is -0.493 e. The second-order valence-corrected chi connectivity index (χ2v) is 9.15. The monoisotopic (exact) mass is 463 g/mol. The summed E-state index contributed by atoms with van der Waals surface area (Å²) >= 11 is 1.66. The lowest BCUT2D eigenvalue weighted by molar-refractivity contribution is 0.0729. The van der Waals surface area contributed by atoms with Crippen LogP contribution < -0.4 is 20.1 Å². The summed E-state index contributed by atoms with van der Waals surface area (Å²) in [6.07, 6.45) is 0.490. The number of esters is 1. The Morgan fingerprint density at radius 1 is 1.15 bits per heavy atom. The number of hydrogen-bond acceptors (Lipinski definition) is 7. The van der Waals surface area contributed by atoms with Crippen molar-refractivity contribution in [3.63, 3.8) is 0 Å². The van der Waals surface area contributed by atoms with Gasteiger partial charge in [0.25, 0.3) is 5.91 Å². The van der Waals surface area contributed by atoms with Crippen molar-refractivity contribution in [2.24, 2.45) is 0 Å². The Kier molecular flexibility index (Phi) is 5.78. The molecular formula is C25H25N3O4S. The molecule has 2 aromatic carbocycles. The van der Waals surface area contributed by atoms with E-state index >= 15 is 0 Å². The van der Waals surface area contributed by atoms with Crippen LogP contribution in [0.2, 0.25) is 0 Å². The van der Waals surface area contributed by atoms with Gasteiger partial charge in [0.15, 0.2) is 11.5 Å². The van der Waals surface area contributed by atoms with Crippen molar-refractivity contribution in [3.05, 3.63) is 75.7 Å². The van der Waals surface area contributed by atoms with E-state index in [0.717, 1.165) is 42.2 Å². The van der Waals surface area contributed by atoms with Crippen molar-refractivity contribution in [2.75, 3.05) is 25.5 Å². The van der Waals surface area contributed by atoms with Crippen LogP contribution in [0.4, 0.5) is 5.00 Å². The topological polar surface area (TPSA) is 79.9 Å². The van der Waals surface area contributed by atoms with Crippen LogP contribution in [0.15, 0.2) is 48.5 Å². The lowest BCUT2D eigenvalue weighted by Crippen LogP contribution is -2.38. The Morgan fingerprint density at radius 3 is 2.73 bits per heavy atom. The fraction of sp³-hybridized carbons (Fsp3) is 0.280. The SMILES string of the molecule is CCN1CCc2c(sc3c2C(=O)N[C@@H](c2ccc(OC(=O)c4ccccc4)c(OC)c2)N3)C1. The van der Waals surface area contributed by atoms with E-state index in [1.54, 1.807) is 47.7 Å². The highest BCUT2D eigenvalue weighted by atomic mass is 32.1. The molecular weight excluding hydrogens is 438 g/mol. The first-order chi connectivity index (χ1) is 16.1. The lowest BCUT2D eigenvalue weighted by atomic mass is 10.0. The summed E-state index contributed by atoms with van der Waals surface area (Å²) in [5, 5.41) is 7.45. The van der Waals surface area contributed by atoms with Gasteiger partial charge in [0.05, 0.1) is 18.2 Å². The fourth-order valence-corrected chi connectivity index (χ4v) is 5.60. The maximum Gasteiger partial charge on any atom is 0.343 e. The Morgan fingerprint density at radius 2 is 1.97 bits per heavy atom. The third-order valence-corrected chi connectivity index (χ3v) is 7.24. The van der Waals surface area contributed by atoms with Crippen LogP contribution in [0.3, 0.4) is 0 Å². The van der Waals surface area contributed by atoms with E-state index < -0.39 is 12.1 Å². The molecule has 0 bridgehead atoms. The van der Waals surface area contributed by atoms with Gasteiger partial charge in [0, 0.05) is 18.0 Å². The van der Waals surface area contributed by atoms with Crippen LogP contribution in [0.25, 0.3) is 0 Å². The third kappa shape index (κ3) is 4.07. The van der Waals surface area contributed by atoms with Crippen molar-refractivity contribution in [1.29, 1.82) is 0 Å². The summed E-state index contributed by atoms with van der Waals surface area (Å²) in [6, 6.07) is 14.1. The molecule has 0 saturated heterocycles. The number of nitrogens with zero attached hydrogens (tertiary/aromatic N) is 1. The predicted octanol–water partition coefficient (Wildman–Crippen LogP) is 4.21. The largest absolute Gasteiger partial charge is 0.493 e. The molecule has 0 fully saturated rings. The second-order valence-electron chi connectivity index (χ2n) is 8.04. The van der Waals surface area contributed by atoms with Gasteiger partial charge in [-0.3, -0.25) is 9.69 Å². The average Bonchev–Trinajstić information content (AvgIpc) is 3.22. The normalized spacial score (nSPS) is 17.4. The van der Waals surface area contributed by atoms with Gasteiger partial charge in [0.1, 0.15) is 11.2 Å². The zero-order valence-corrected chi connectivity index (χ0v) is 19.3. The number of fused-ring (bicyclic) bond motifs is 3. The molecule has 3 aromatic rings. The van der Waals surface area contributed by atoms with E-state index in [2.05, 4.69) is 22.5 Å². The quantitative estimate of drug-likeness (QED) is 0.436. The van der Waals surface area contributed by atoms with Crippen LogP contribution in [-0.2, 0) is 13.0 Å². The highest BCUT2D eigenvalue weighted by Gasteiger charge is 2.33. The average molecular weight is 464 g/mol. The van der Waals surface area contributed by atoms with Crippen molar-refractivity contribution in [3.8, 4) is 11.5 Å². The minimum atomic E-state index is -0.458. The van der Waals surface area contributed by atoms with Crippen molar-refractivity contribution in [2.45, 2.75) is 26.1 Å². The van der Waals surface area contributed by atoms with E-state index in [4.69, 9.17) is 9.47 Å². The van der Waals surface area contributed by atoms with Gasteiger partial charge in [-0.15, -0.1) is 11.3 Å². The van der Waals surface area contributed by atoms with E-state index in [1.807, 2.05) is 12.1 Å². The van der Waals surface area contributed by atoms with Gasteiger partial charge < -0.3 is 20.1 Å². The molecule has 5 rings (SSSR count). The zero-order valence-electron chi connectivity index (χ0n) is 18.5. The molecule has 8 heteroatoms. The van der Waals surface area contributed by atoms with Crippen LogP contribution in [0.1, 0.15) is 49.8 Å². The molecule has 1 amide bonds. The minimum absolute atomic E-state index is 0.0604. The summed E-state index contributed by atoms with van der Waals surface area (Å²) in [5.41, 5.74) is 3.22. The van der Waals surface area contributed by atoms with Gasteiger partial charge in [-0.25, -0.2) is 4.79 Å². The standard InChI is InChI=1S/C25H25N3O4S/c1-3-28-12-11-17-20(14-28)33-24-21(17)23(29)26-22(27-24)16-9-10-18(19(13-16)31-2)32-25(30)15-7-5-4-6-8-15/h4-10,13,22,27H,3,11-12,14H2,1-2H3,(H,26,29)/t22-/m1/s1. The zero-order chi connectivity index (χ0) is 22.9. The van der Waals surface area contributed by atoms with Gasteiger partial charge in [0.2, 0.25) is 0 Å². The molecule has 1 atom stereocenters. The maximum absolute atomic E-state index is 13.0. The fourth-order valence-electron chi connectivity index (χ4n) is 4.29. The van der Waals surface area contributed by atoms with Crippen molar-refractivity contribution >= 4 is 28.2 Å². The molecule has 2 aliphatic heterocycles. The number of nitrogens with one attached hydrogen (secondary N) is 2. The Bertz CT molecular complexity index is 1210. The van der Waals surface area contributed by atoms with Crippen LogP contribution >= 0.6 is 11.3 Å². The number of methoxy groups -OCH3 is 1. The Hall–Kier alpha value is -3.36. The summed E-state index contributed by atoms with van der Waals surface area (Å²) in [4.78, 5) is 29.1. The molecule has 0 radical (unpaired) electrons. The summed E-state index contributed by atoms with van der Waals surface area (Å²) < 4.78 is 11.0. The lowest BCUT2D eigenvalue weighted by Gasteiger charge is -2.28. The first kappa shape index (κ1) is 21.5. The molecule has 33 heavy (non-hydrogen) atoms. The first-order valence-corrected chi connectivity index (χ1v) is 11.8. The molecule has 2 N–H and O–H groups in total. The number of rotatable bonds is 5. The summed E-state index contributed by atoms with van der Waals surface area (Å²) in [5.74, 6) is 0.224. The number of amides is 1. The van der Waals surface area contributed by atoms with Crippen molar-refractivity contribution in [1.82, 2.24) is 10.2 Å². The molecule has 0 spiro atoms. The van der Waals surface area contributed by atoms with Gasteiger partial charge in [-0.1, -0.05) is 31.2 Å². The molecule has 1 aromatic heterocycles. The highest BCUT2D eigenvalue weighted by molar-refractivity contribution is 7.16. The van der Waals surface area contributed by atoms with E-state index in [-0.39, 0.29) is 5.91 Å². The molecule has 2 aliphatic rings. The molecule has 0 aliphatic carbocycles. The van der Waals surface area contributed by atoms with E-state index in [1.165, 1.54) is 17.6 Å². The number of benzene rings is 2. The number of hydrogen-bond donors (Lipinski definition) is 2. The first-order valence-electron chi connectivity index (χ1n) is 11.0. The van der Waals surface area contributed by atoms with Crippen molar-refractivity contribution < 1.29 is 19.1 Å². The predicted molar refractivity (Wildman–Crippen MR) is 127 cm³/mol. The summed E-state index contributed by atoms with van der Waals surface area (Å²) in [6.45, 7) is 5.03. The number of carbonyl (C=O) groups is 2. The van der Waals surface area contributed by atoms with E-state index in [9.17, 15) is 9.59 Å². The van der Waals surface area contributed by atoms with Gasteiger partial charge in [-0.2, -0.15) is 0 Å². The van der Waals surface area contributed by atoms with Crippen LogP contribution in [0.5, 0.6) is 11.5 Å². The van der Waals surface area contributed by atoms with Crippen LogP contribution in [-0.4, -0.2) is 37.0 Å². The van der Waals surface area contributed by atoms with Gasteiger partial charge >= 0.3 is 5.97 Å². The Labute approximate surface area is 196 Å². The third-order valence-electron chi connectivity index (χ3n) is 6.09. The number of thiophene rings is 1. The highest BCUT2D eigenvalue weighted by Crippen LogP contribution is 2.41. The number of likely N-dealkylation sites (N-methyl/N-ethyl adjacent to an activating group) is 1. The van der Waals surface area contributed by atoms with Crippen LogP contribution in [0, 0.1) is 0 Å². The molecule has 3 heterocycles. The summed E-state index contributed by atoms with van der Waals surface area (Å²) in [7, 11) is 1.52. The molecule has 0 unspecified atom stereocenters. The molecule has 0 saturated carbocycles. The number of ether oxygens (including phenoxy) is 2. The second kappa shape index (κ2) is 8.88. The smallest absolute Gasteiger partial charge is 0.343 e. The molecule has 170 valence electrons. The molecule has 7 nitrogen and oxygen atoms in total. The van der Waals surface area contributed by atoms with Gasteiger partial charge in [-0.05, 0) is 48.4 Å². The maximum atomic E-state index is 13.0. The van der Waals surface area contributed by atoms with E-state index in [0.29, 0.717) is 17.1 Å². The number of carbonyl (C=O) groups excluding carboxylic acids is 2.